The minimum Gasteiger partial charge on any atom is -0.489 e. The number of benzene rings is 1. The van der Waals surface area contributed by atoms with Crippen LogP contribution in [0.2, 0.25) is 0 Å². The summed E-state index contributed by atoms with van der Waals surface area (Å²) in [6.07, 6.45) is -0.228. The number of rotatable bonds is 1. The minimum absolute atomic E-state index is 0.228. The van der Waals surface area contributed by atoms with E-state index in [1.165, 1.54) is 6.92 Å². The molecule has 13 heavy (non-hydrogen) atoms. The molecule has 0 N–H and O–H groups in total. The highest BCUT2D eigenvalue weighted by atomic mass is 16.6. The largest absolute Gasteiger partial charge is 0.489 e. The third-order valence-electron chi connectivity index (χ3n) is 1.96. The van der Waals surface area contributed by atoms with Gasteiger partial charge < -0.3 is 9.47 Å². The van der Waals surface area contributed by atoms with Gasteiger partial charge in [-0.05, 0) is 6.07 Å². The van der Waals surface area contributed by atoms with E-state index in [-0.39, 0.29) is 12.1 Å². The van der Waals surface area contributed by atoms with Gasteiger partial charge in [-0.1, -0.05) is 18.2 Å². The van der Waals surface area contributed by atoms with E-state index >= 15 is 0 Å². The quantitative estimate of drug-likeness (QED) is 0.614. The first-order valence-electron chi connectivity index (χ1n) is 4.16. The Hall–Kier alpha value is -1.51. The number of carbonyl (C=O) groups is 1. The van der Waals surface area contributed by atoms with Crippen molar-refractivity contribution in [2.24, 2.45) is 0 Å². The maximum absolute atomic E-state index is 10.7. The van der Waals surface area contributed by atoms with Crippen LogP contribution in [0.1, 0.15) is 18.6 Å². The van der Waals surface area contributed by atoms with E-state index in [2.05, 4.69) is 0 Å². The fourth-order valence-electron chi connectivity index (χ4n) is 1.43. The summed E-state index contributed by atoms with van der Waals surface area (Å²) in [5, 5.41) is 0. The van der Waals surface area contributed by atoms with Crippen molar-refractivity contribution >= 4 is 5.97 Å². The number of esters is 1. The topological polar surface area (TPSA) is 35.5 Å². The average Bonchev–Trinajstić information content (AvgIpc) is 2.48. The fourth-order valence-corrected chi connectivity index (χ4v) is 1.43. The van der Waals surface area contributed by atoms with E-state index in [0.29, 0.717) is 6.61 Å². The molecule has 0 aromatic heterocycles. The van der Waals surface area contributed by atoms with Crippen molar-refractivity contribution < 1.29 is 14.3 Å². The zero-order chi connectivity index (χ0) is 9.26. The molecule has 1 aromatic carbocycles. The van der Waals surface area contributed by atoms with E-state index < -0.39 is 0 Å². The van der Waals surface area contributed by atoms with Crippen LogP contribution >= 0.6 is 0 Å². The van der Waals surface area contributed by atoms with Crippen LogP contribution in [0.15, 0.2) is 24.3 Å². The lowest BCUT2D eigenvalue weighted by atomic mass is 10.1. The highest BCUT2D eigenvalue weighted by Crippen LogP contribution is 2.33. The second-order valence-electron chi connectivity index (χ2n) is 2.95. The molecule has 1 heterocycles. The summed E-state index contributed by atoms with van der Waals surface area (Å²) >= 11 is 0. The Morgan fingerprint density at radius 2 is 2.31 bits per heavy atom. The standard InChI is InChI=1S/C10H10O3/c1-7(11)13-10-6-12-9-5-3-2-4-8(9)10/h2-5,10H,6H2,1H3. The Labute approximate surface area is 76.3 Å². The van der Waals surface area contributed by atoms with Crippen molar-refractivity contribution in [3.8, 4) is 5.75 Å². The van der Waals surface area contributed by atoms with Crippen LogP contribution in [-0.4, -0.2) is 12.6 Å². The summed E-state index contributed by atoms with van der Waals surface area (Å²) in [4.78, 5) is 10.7. The van der Waals surface area contributed by atoms with E-state index in [4.69, 9.17) is 9.47 Å². The van der Waals surface area contributed by atoms with Crippen LogP contribution in [0.4, 0.5) is 0 Å². The molecule has 1 aromatic rings. The summed E-state index contributed by atoms with van der Waals surface area (Å²) in [5.74, 6) is 0.541. The van der Waals surface area contributed by atoms with Crippen molar-refractivity contribution in [2.75, 3.05) is 6.61 Å². The predicted molar refractivity (Wildman–Crippen MR) is 46.4 cm³/mol. The lowest BCUT2D eigenvalue weighted by molar-refractivity contribution is -0.147. The van der Waals surface area contributed by atoms with Gasteiger partial charge in [0.05, 0.1) is 0 Å². The molecule has 0 saturated heterocycles. The number of carbonyl (C=O) groups excluding carboxylic acids is 1. The maximum atomic E-state index is 10.7. The number of ether oxygens (including phenoxy) is 2. The van der Waals surface area contributed by atoms with E-state index in [1.54, 1.807) is 0 Å². The van der Waals surface area contributed by atoms with Crippen molar-refractivity contribution in [1.29, 1.82) is 0 Å². The first kappa shape index (κ1) is 8.10. The molecule has 2 rings (SSSR count). The third-order valence-corrected chi connectivity index (χ3v) is 1.96. The van der Waals surface area contributed by atoms with Crippen LogP contribution in [0.5, 0.6) is 5.75 Å². The molecule has 0 aliphatic carbocycles. The Balaban J connectivity index is 2.23. The van der Waals surface area contributed by atoms with Crippen LogP contribution < -0.4 is 4.74 Å². The minimum atomic E-state index is -0.273. The van der Waals surface area contributed by atoms with Gasteiger partial charge in [0.15, 0.2) is 6.10 Å². The second-order valence-corrected chi connectivity index (χ2v) is 2.95. The van der Waals surface area contributed by atoms with Crippen LogP contribution in [0.25, 0.3) is 0 Å². The lowest BCUT2D eigenvalue weighted by Crippen LogP contribution is -2.09. The summed E-state index contributed by atoms with van der Waals surface area (Å²) in [7, 11) is 0. The van der Waals surface area contributed by atoms with Crippen LogP contribution in [0.3, 0.4) is 0 Å². The molecular weight excluding hydrogens is 168 g/mol. The molecule has 1 unspecified atom stereocenters. The van der Waals surface area contributed by atoms with Gasteiger partial charge in [0.25, 0.3) is 0 Å². The molecule has 0 spiro atoms. The Morgan fingerprint density at radius 3 is 3.08 bits per heavy atom. The number of para-hydroxylation sites is 1. The van der Waals surface area contributed by atoms with Gasteiger partial charge in [-0.2, -0.15) is 0 Å². The monoisotopic (exact) mass is 178 g/mol. The summed E-state index contributed by atoms with van der Waals surface area (Å²) in [6.45, 7) is 1.83. The summed E-state index contributed by atoms with van der Waals surface area (Å²) in [6, 6.07) is 7.59. The van der Waals surface area contributed by atoms with Crippen LogP contribution in [0, 0.1) is 0 Å². The zero-order valence-corrected chi connectivity index (χ0v) is 7.32. The Kier molecular flexibility index (Phi) is 1.93. The molecule has 68 valence electrons. The van der Waals surface area contributed by atoms with E-state index in [0.717, 1.165) is 11.3 Å². The SMILES string of the molecule is CC(=O)OC1COc2ccccc21. The van der Waals surface area contributed by atoms with Crippen molar-refractivity contribution in [3.63, 3.8) is 0 Å². The van der Waals surface area contributed by atoms with E-state index in [9.17, 15) is 4.79 Å². The molecule has 1 aliphatic rings. The highest BCUT2D eigenvalue weighted by molar-refractivity contribution is 5.66. The van der Waals surface area contributed by atoms with Gasteiger partial charge in [0, 0.05) is 12.5 Å². The second kappa shape index (κ2) is 3.09. The molecule has 0 saturated carbocycles. The molecule has 0 amide bonds. The third kappa shape index (κ3) is 1.49. The molecule has 3 nitrogen and oxygen atoms in total. The van der Waals surface area contributed by atoms with Gasteiger partial charge in [-0.25, -0.2) is 0 Å². The van der Waals surface area contributed by atoms with Gasteiger partial charge in [-0.3, -0.25) is 4.79 Å². The van der Waals surface area contributed by atoms with Crippen LogP contribution in [-0.2, 0) is 9.53 Å². The number of hydrogen-bond donors (Lipinski definition) is 0. The van der Waals surface area contributed by atoms with E-state index in [1.807, 2.05) is 24.3 Å². The molecule has 0 radical (unpaired) electrons. The van der Waals surface area contributed by atoms with Gasteiger partial charge in [0.1, 0.15) is 12.4 Å². The van der Waals surface area contributed by atoms with Gasteiger partial charge in [0.2, 0.25) is 0 Å². The number of fused-ring (bicyclic) bond motifs is 1. The highest BCUT2D eigenvalue weighted by Gasteiger charge is 2.25. The predicted octanol–water partition coefficient (Wildman–Crippen LogP) is 1.68. The average molecular weight is 178 g/mol. The molecule has 3 heteroatoms. The maximum Gasteiger partial charge on any atom is 0.303 e. The first-order valence-corrected chi connectivity index (χ1v) is 4.16. The first-order chi connectivity index (χ1) is 6.27. The molecular formula is C10H10O3. The smallest absolute Gasteiger partial charge is 0.303 e. The molecule has 1 aliphatic heterocycles. The normalized spacial score (nSPS) is 19.0. The lowest BCUT2D eigenvalue weighted by Gasteiger charge is -2.07. The van der Waals surface area contributed by atoms with Crippen molar-refractivity contribution in [1.82, 2.24) is 0 Å². The zero-order valence-electron chi connectivity index (χ0n) is 7.32. The van der Waals surface area contributed by atoms with Gasteiger partial charge in [-0.15, -0.1) is 0 Å². The molecule has 0 fully saturated rings. The molecule has 0 bridgehead atoms. The van der Waals surface area contributed by atoms with Crippen molar-refractivity contribution in [3.05, 3.63) is 29.8 Å². The summed E-state index contributed by atoms with van der Waals surface area (Å²) < 4.78 is 10.4. The number of hydrogen-bond acceptors (Lipinski definition) is 3. The summed E-state index contributed by atoms with van der Waals surface area (Å²) in [5.41, 5.74) is 0.956. The Morgan fingerprint density at radius 1 is 1.54 bits per heavy atom. The Bertz CT molecular complexity index is 333. The van der Waals surface area contributed by atoms with Crippen molar-refractivity contribution in [2.45, 2.75) is 13.0 Å². The molecule has 1 atom stereocenters. The van der Waals surface area contributed by atoms with Gasteiger partial charge >= 0.3 is 5.97 Å². The fraction of sp³-hybridized carbons (Fsp3) is 0.300.